The second-order valence-electron chi connectivity index (χ2n) is 4.21. The molecule has 6 nitrogen and oxygen atoms in total. The third-order valence-electron chi connectivity index (χ3n) is 2.84. The topological polar surface area (TPSA) is 67.4 Å². The van der Waals surface area contributed by atoms with E-state index < -0.39 is 0 Å². The summed E-state index contributed by atoms with van der Waals surface area (Å²) in [7, 11) is 0. The van der Waals surface area contributed by atoms with Crippen LogP contribution in [0, 0.1) is 0 Å². The van der Waals surface area contributed by atoms with Crippen LogP contribution in [0.15, 0.2) is 18.6 Å². The van der Waals surface area contributed by atoms with Crippen molar-refractivity contribution in [2.45, 2.75) is 25.9 Å². The summed E-state index contributed by atoms with van der Waals surface area (Å²) in [5.41, 5.74) is 0. The molecule has 0 aromatic carbocycles. The molecule has 0 spiro atoms. The zero-order valence-electron chi connectivity index (χ0n) is 10.5. The van der Waals surface area contributed by atoms with Gasteiger partial charge in [0, 0.05) is 25.4 Å². The summed E-state index contributed by atoms with van der Waals surface area (Å²) in [6.45, 7) is 3.95. The van der Waals surface area contributed by atoms with Crippen molar-refractivity contribution >= 4 is 6.03 Å². The second-order valence-corrected chi connectivity index (χ2v) is 4.21. The predicted octanol–water partition coefficient (Wildman–Crippen LogP) is 1.05. The average molecular weight is 250 g/mol. The minimum Gasteiger partial charge on any atom is -0.472 e. The first-order chi connectivity index (χ1) is 8.79. The molecule has 1 aromatic rings. The normalized spacial score (nSPS) is 19.4. The molecule has 0 radical (unpaired) electrons. The van der Waals surface area contributed by atoms with Gasteiger partial charge >= 0.3 is 6.03 Å². The predicted molar refractivity (Wildman–Crippen MR) is 66.3 cm³/mol. The molecular formula is C12H18N4O2. The van der Waals surface area contributed by atoms with Crippen LogP contribution in [0.2, 0.25) is 0 Å². The highest BCUT2D eigenvalue weighted by molar-refractivity contribution is 5.74. The number of carbonyl (C=O) groups excluding carboxylic acids is 1. The summed E-state index contributed by atoms with van der Waals surface area (Å²) in [6, 6.07) is 1.71. The number of urea groups is 1. The molecule has 2 amide bonds. The lowest BCUT2D eigenvalue weighted by Gasteiger charge is -2.32. The first-order valence-corrected chi connectivity index (χ1v) is 6.25. The van der Waals surface area contributed by atoms with Crippen molar-refractivity contribution in [3.05, 3.63) is 18.6 Å². The summed E-state index contributed by atoms with van der Waals surface area (Å²) in [5.74, 6) is 0.563. The fraction of sp³-hybridized carbons (Fsp3) is 0.583. The van der Waals surface area contributed by atoms with E-state index in [4.69, 9.17) is 4.74 Å². The molecule has 18 heavy (non-hydrogen) atoms. The monoisotopic (exact) mass is 250 g/mol. The molecule has 0 bridgehead atoms. The van der Waals surface area contributed by atoms with Gasteiger partial charge in [0.1, 0.15) is 12.4 Å². The quantitative estimate of drug-likeness (QED) is 0.870. The molecule has 2 rings (SSSR count). The minimum absolute atomic E-state index is 0.0104. The summed E-state index contributed by atoms with van der Waals surface area (Å²) in [6.07, 6.45) is 5.01. The van der Waals surface area contributed by atoms with Gasteiger partial charge in [0.2, 0.25) is 5.88 Å². The van der Waals surface area contributed by atoms with E-state index in [1.54, 1.807) is 17.2 Å². The number of amides is 2. The van der Waals surface area contributed by atoms with Crippen molar-refractivity contribution in [3.63, 3.8) is 0 Å². The Morgan fingerprint density at radius 1 is 1.67 bits per heavy atom. The first kappa shape index (κ1) is 12.6. The van der Waals surface area contributed by atoms with E-state index in [2.05, 4.69) is 15.3 Å². The minimum atomic E-state index is -0.0199. The number of rotatable bonds is 3. The molecule has 1 aliphatic rings. The lowest BCUT2D eigenvalue weighted by molar-refractivity contribution is 0.0979. The summed E-state index contributed by atoms with van der Waals surface area (Å²) >= 11 is 0. The maximum absolute atomic E-state index is 11.7. The highest BCUT2D eigenvalue weighted by Gasteiger charge is 2.24. The number of aromatic nitrogens is 2. The van der Waals surface area contributed by atoms with Crippen molar-refractivity contribution in [1.29, 1.82) is 0 Å². The molecule has 1 atom stereocenters. The molecule has 0 aliphatic carbocycles. The molecule has 1 saturated heterocycles. The molecule has 1 aliphatic heterocycles. The molecule has 1 unspecified atom stereocenters. The van der Waals surface area contributed by atoms with Gasteiger partial charge in [-0.15, -0.1) is 0 Å². The fourth-order valence-corrected chi connectivity index (χ4v) is 2.00. The number of hydrogen-bond donors (Lipinski definition) is 1. The molecule has 1 fully saturated rings. The number of hydrogen-bond acceptors (Lipinski definition) is 4. The van der Waals surface area contributed by atoms with Crippen molar-refractivity contribution in [1.82, 2.24) is 20.2 Å². The Balaban J connectivity index is 1.89. The average Bonchev–Trinajstić information content (AvgIpc) is 2.40. The van der Waals surface area contributed by atoms with Gasteiger partial charge in [0.15, 0.2) is 0 Å². The fourth-order valence-electron chi connectivity index (χ4n) is 2.00. The largest absolute Gasteiger partial charge is 0.472 e. The van der Waals surface area contributed by atoms with Crippen LogP contribution in [0.4, 0.5) is 4.79 Å². The lowest BCUT2D eigenvalue weighted by atomic mass is 10.1. The van der Waals surface area contributed by atoms with Crippen molar-refractivity contribution < 1.29 is 9.53 Å². The third kappa shape index (κ3) is 3.32. The third-order valence-corrected chi connectivity index (χ3v) is 2.84. The van der Waals surface area contributed by atoms with Gasteiger partial charge in [0.05, 0.1) is 6.54 Å². The number of ether oxygens (including phenoxy) is 1. The maximum atomic E-state index is 11.7. The van der Waals surface area contributed by atoms with Gasteiger partial charge in [-0.2, -0.15) is 0 Å². The molecule has 6 heteroatoms. The number of piperidine rings is 1. The van der Waals surface area contributed by atoms with Crippen molar-refractivity contribution in [3.8, 4) is 5.88 Å². The maximum Gasteiger partial charge on any atom is 0.317 e. The molecule has 0 saturated carbocycles. The molecule has 2 heterocycles. The first-order valence-electron chi connectivity index (χ1n) is 6.25. The highest BCUT2D eigenvalue weighted by Crippen LogP contribution is 2.15. The SMILES string of the molecule is CCNC(=O)N1CCCC(Oc2ccncn2)C1. The Morgan fingerprint density at radius 3 is 3.28 bits per heavy atom. The molecule has 1 N–H and O–H groups in total. The van der Waals surface area contributed by atoms with Crippen LogP contribution in [-0.4, -0.2) is 46.6 Å². The lowest BCUT2D eigenvalue weighted by Crippen LogP contribution is -2.48. The van der Waals surface area contributed by atoms with Gasteiger partial charge in [-0.05, 0) is 19.8 Å². The highest BCUT2D eigenvalue weighted by atomic mass is 16.5. The summed E-state index contributed by atoms with van der Waals surface area (Å²) in [4.78, 5) is 21.4. The number of carbonyl (C=O) groups is 1. The van der Waals surface area contributed by atoms with E-state index in [9.17, 15) is 4.79 Å². The van der Waals surface area contributed by atoms with Crippen LogP contribution in [0.25, 0.3) is 0 Å². The van der Waals surface area contributed by atoms with Crippen LogP contribution < -0.4 is 10.1 Å². The Kier molecular flexibility index (Phi) is 4.33. The zero-order valence-corrected chi connectivity index (χ0v) is 10.5. The van der Waals surface area contributed by atoms with Gasteiger partial charge in [-0.1, -0.05) is 0 Å². The van der Waals surface area contributed by atoms with Gasteiger partial charge < -0.3 is 15.0 Å². The Morgan fingerprint density at radius 2 is 2.56 bits per heavy atom. The second kappa shape index (κ2) is 6.18. The van der Waals surface area contributed by atoms with E-state index in [0.29, 0.717) is 19.0 Å². The molecule has 98 valence electrons. The van der Waals surface area contributed by atoms with Gasteiger partial charge in [-0.25, -0.2) is 14.8 Å². The summed E-state index contributed by atoms with van der Waals surface area (Å²) < 4.78 is 5.74. The van der Waals surface area contributed by atoms with Crippen LogP contribution in [0.3, 0.4) is 0 Å². The van der Waals surface area contributed by atoms with Gasteiger partial charge in [0.25, 0.3) is 0 Å². The van der Waals surface area contributed by atoms with E-state index in [0.717, 1.165) is 19.4 Å². The number of nitrogens with zero attached hydrogens (tertiary/aromatic N) is 3. The van der Waals surface area contributed by atoms with Crippen LogP contribution in [0.1, 0.15) is 19.8 Å². The molecule has 1 aromatic heterocycles. The van der Waals surface area contributed by atoms with Crippen molar-refractivity contribution in [2.24, 2.45) is 0 Å². The number of nitrogens with one attached hydrogen (secondary N) is 1. The van der Waals surface area contributed by atoms with E-state index >= 15 is 0 Å². The Labute approximate surface area is 106 Å². The van der Waals surface area contributed by atoms with Gasteiger partial charge in [-0.3, -0.25) is 0 Å². The molecular weight excluding hydrogens is 232 g/mol. The zero-order chi connectivity index (χ0) is 12.8. The van der Waals surface area contributed by atoms with E-state index in [1.807, 2.05) is 6.92 Å². The van der Waals surface area contributed by atoms with Crippen LogP contribution >= 0.6 is 0 Å². The van der Waals surface area contributed by atoms with Crippen LogP contribution in [-0.2, 0) is 0 Å². The van der Waals surface area contributed by atoms with Crippen LogP contribution in [0.5, 0.6) is 5.88 Å². The van der Waals surface area contributed by atoms with E-state index in [1.165, 1.54) is 6.33 Å². The number of likely N-dealkylation sites (tertiary alicyclic amines) is 1. The standard InChI is InChI=1S/C12H18N4O2/c1-2-14-12(17)16-7-3-4-10(8-16)18-11-5-6-13-9-15-11/h5-6,9-10H,2-4,7-8H2,1H3,(H,14,17). The Hall–Kier alpha value is -1.85. The smallest absolute Gasteiger partial charge is 0.317 e. The van der Waals surface area contributed by atoms with Crippen molar-refractivity contribution in [2.75, 3.05) is 19.6 Å². The summed E-state index contributed by atoms with van der Waals surface area (Å²) in [5, 5.41) is 2.81. The van der Waals surface area contributed by atoms with E-state index in [-0.39, 0.29) is 12.1 Å². The Bertz CT molecular complexity index is 385.